The van der Waals surface area contributed by atoms with E-state index in [9.17, 15) is 23.1 Å². The Hall–Kier alpha value is -2.16. The van der Waals surface area contributed by atoms with Crippen LogP contribution in [0.25, 0.3) is 0 Å². The highest BCUT2D eigenvalue weighted by Gasteiger charge is 2.41. The van der Waals surface area contributed by atoms with E-state index in [1.165, 1.54) is 0 Å². The third kappa shape index (κ3) is 5.75. The zero-order chi connectivity index (χ0) is 22.8. The van der Waals surface area contributed by atoms with E-state index in [4.69, 9.17) is 5.73 Å². The highest BCUT2D eigenvalue weighted by molar-refractivity contribution is 6.02. The van der Waals surface area contributed by atoms with Gasteiger partial charge in [-0.15, -0.1) is 0 Å². The van der Waals surface area contributed by atoms with Gasteiger partial charge in [0.05, 0.1) is 34.1 Å². The predicted octanol–water partition coefficient (Wildman–Crippen LogP) is 3.90. The number of piperidine rings is 1. The molecule has 6 nitrogen and oxygen atoms in total. The monoisotopic (exact) mass is 442 g/mol. The molecule has 0 bridgehead atoms. The summed E-state index contributed by atoms with van der Waals surface area (Å²) in [5.74, 6) is -1.61. The molecular weight excluding hydrogens is 409 g/mol. The normalized spacial score (nSPS) is 24.0. The van der Waals surface area contributed by atoms with E-state index in [0.29, 0.717) is 56.6 Å². The average molecular weight is 443 g/mol. The lowest BCUT2D eigenvalue weighted by Gasteiger charge is -2.38. The largest absolute Gasteiger partial charge is 0.397 e. The van der Waals surface area contributed by atoms with E-state index in [2.05, 4.69) is 15.5 Å². The lowest BCUT2D eigenvalue weighted by Crippen LogP contribution is -2.44. The number of aliphatic hydroxyl groups is 1. The number of nitrogens with two attached hydrogens (primary N) is 1. The van der Waals surface area contributed by atoms with Gasteiger partial charge in [-0.2, -0.15) is 13.2 Å². The fourth-order valence-electron chi connectivity index (χ4n) is 4.45. The first-order valence-corrected chi connectivity index (χ1v) is 11.0. The van der Waals surface area contributed by atoms with Crippen LogP contribution in [0.1, 0.15) is 62.7 Å². The SMILES string of the molecule is CCNc1cc(N2CCC(C)(O)CC2)c(C(=O)N[C@H]2CC[C@H](C(F)(F)F)CC2)cc1N. The molecule has 1 amide bonds. The summed E-state index contributed by atoms with van der Waals surface area (Å²) in [5, 5.41) is 16.4. The number of nitrogens with zero attached hydrogens (tertiary/aromatic N) is 1. The van der Waals surface area contributed by atoms with E-state index in [-0.39, 0.29) is 24.8 Å². The number of halogens is 3. The summed E-state index contributed by atoms with van der Waals surface area (Å²) in [6.07, 6.45) is -2.33. The molecule has 2 aliphatic rings. The van der Waals surface area contributed by atoms with Gasteiger partial charge in [-0.05, 0) is 64.5 Å². The highest BCUT2D eigenvalue weighted by Crippen LogP contribution is 2.38. The van der Waals surface area contributed by atoms with Gasteiger partial charge in [-0.1, -0.05) is 0 Å². The zero-order valence-corrected chi connectivity index (χ0v) is 18.2. The van der Waals surface area contributed by atoms with Gasteiger partial charge in [0.2, 0.25) is 0 Å². The van der Waals surface area contributed by atoms with Crippen LogP contribution < -0.4 is 21.3 Å². The van der Waals surface area contributed by atoms with Crippen molar-refractivity contribution in [3.05, 3.63) is 17.7 Å². The summed E-state index contributed by atoms with van der Waals surface area (Å²) in [6, 6.07) is 3.21. The number of carbonyl (C=O) groups excluding carboxylic acids is 1. The number of hydrogen-bond donors (Lipinski definition) is 4. The molecule has 2 fully saturated rings. The molecule has 0 atom stereocenters. The van der Waals surface area contributed by atoms with E-state index in [1.807, 2.05) is 19.9 Å². The van der Waals surface area contributed by atoms with Crippen LogP contribution in [-0.4, -0.2) is 48.5 Å². The Balaban J connectivity index is 1.77. The molecule has 1 saturated carbocycles. The first kappa shape index (κ1) is 23.5. The molecule has 1 aromatic carbocycles. The van der Waals surface area contributed by atoms with Gasteiger partial charge in [0.25, 0.3) is 5.91 Å². The van der Waals surface area contributed by atoms with E-state index in [0.717, 1.165) is 11.4 Å². The van der Waals surface area contributed by atoms with Gasteiger partial charge in [0.15, 0.2) is 0 Å². The summed E-state index contributed by atoms with van der Waals surface area (Å²) in [4.78, 5) is 15.2. The minimum Gasteiger partial charge on any atom is -0.397 e. The van der Waals surface area contributed by atoms with Gasteiger partial charge in [0.1, 0.15) is 0 Å². The number of nitrogen functional groups attached to an aromatic ring is 1. The molecule has 174 valence electrons. The van der Waals surface area contributed by atoms with Crippen LogP contribution in [0, 0.1) is 5.92 Å². The Labute approximate surface area is 181 Å². The third-order valence-electron chi connectivity index (χ3n) is 6.49. The average Bonchev–Trinajstić information content (AvgIpc) is 2.69. The minimum absolute atomic E-state index is 0.0318. The van der Waals surface area contributed by atoms with Crippen molar-refractivity contribution < 1.29 is 23.1 Å². The maximum atomic E-state index is 13.1. The van der Waals surface area contributed by atoms with Crippen molar-refractivity contribution >= 4 is 23.0 Å². The minimum atomic E-state index is -4.17. The summed E-state index contributed by atoms with van der Waals surface area (Å²) in [5.41, 5.74) is 7.75. The van der Waals surface area contributed by atoms with Gasteiger partial charge in [-0.3, -0.25) is 4.79 Å². The summed E-state index contributed by atoms with van der Waals surface area (Å²) < 4.78 is 38.8. The second-order valence-electron chi connectivity index (χ2n) is 9.03. The zero-order valence-electron chi connectivity index (χ0n) is 18.2. The van der Waals surface area contributed by atoms with Crippen LogP contribution in [0.2, 0.25) is 0 Å². The summed E-state index contributed by atoms with van der Waals surface area (Å²) in [7, 11) is 0. The van der Waals surface area contributed by atoms with Crippen LogP contribution in [0.3, 0.4) is 0 Å². The molecule has 1 aromatic rings. The number of alkyl halides is 3. The van der Waals surface area contributed by atoms with Crippen molar-refractivity contribution in [3.63, 3.8) is 0 Å². The van der Waals surface area contributed by atoms with Crippen molar-refractivity contribution in [2.75, 3.05) is 35.6 Å². The molecule has 3 rings (SSSR count). The van der Waals surface area contributed by atoms with Gasteiger partial charge in [-0.25, -0.2) is 0 Å². The van der Waals surface area contributed by atoms with Crippen molar-refractivity contribution in [1.29, 1.82) is 0 Å². The maximum absolute atomic E-state index is 13.1. The Kier molecular flexibility index (Phi) is 6.93. The van der Waals surface area contributed by atoms with E-state index >= 15 is 0 Å². The smallest absolute Gasteiger partial charge is 0.391 e. The first-order valence-electron chi connectivity index (χ1n) is 11.0. The number of amides is 1. The lowest BCUT2D eigenvalue weighted by atomic mass is 9.85. The van der Waals surface area contributed by atoms with Crippen molar-refractivity contribution in [2.45, 2.75) is 70.2 Å². The van der Waals surface area contributed by atoms with Crippen LogP contribution in [-0.2, 0) is 0 Å². The van der Waals surface area contributed by atoms with Gasteiger partial charge in [0, 0.05) is 25.7 Å². The number of nitrogens with one attached hydrogen (secondary N) is 2. The third-order valence-corrected chi connectivity index (χ3v) is 6.49. The molecule has 0 radical (unpaired) electrons. The summed E-state index contributed by atoms with van der Waals surface area (Å²) >= 11 is 0. The first-order chi connectivity index (χ1) is 14.5. The molecule has 0 unspecified atom stereocenters. The number of rotatable bonds is 5. The second-order valence-corrected chi connectivity index (χ2v) is 9.03. The molecule has 1 heterocycles. The molecule has 9 heteroatoms. The predicted molar refractivity (Wildman–Crippen MR) is 116 cm³/mol. The molecule has 1 aliphatic heterocycles. The van der Waals surface area contributed by atoms with Gasteiger partial charge >= 0.3 is 6.18 Å². The van der Waals surface area contributed by atoms with Crippen molar-refractivity contribution in [1.82, 2.24) is 5.32 Å². The van der Waals surface area contributed by atoms with Crippen LogP contribution >= 0.6 is 0 Å². The van der Waals surface area contributed by atoms with E-state index < -0.39 is 17.7 Å². The highest BCUT2D eigenvalue weighted by atomic mass is 19.4. The quantitative estimate of drug-likeness (QED) is 0.519. The van der Waals surface area contributed by atoms with Crippen LogP contribution in [0.5, 0.6) is 0 Å². The Morgan fingerprint density at radius 2 is 1.84 bits per heavy atom. The molecular formula is C22H33F3N4O2. The molecule has 1 saturated heterocycles. The Bertz CT molecular complexity index is 780. The summed E-state index contributed by atoms with van der Waals surface area (Å²) in [6.45, 7) is 5.63. The Morgan fingerprint density at radius 3 is 2.39 bits per heavy atom. The van der Waals surface area contributed by atoms with Gasteiger partial charge < -0.3 is 26.4 Å². The molecule has 0 aromatic heterocycles. The molecule has 1 aliphatic carbocycles. The number of anilines is 3. The van der Waals surface area contributed by atoms with Crippen LogP contribution in [0.4, 0.5) is 30.2 Å². The number of carbonyl (C=O) groups is 1. The number of hydrogen-bond acceptors (Lipinski definition) is 5. The fourth-order valence-corrected chi connectivity index (χ4v) is 4.45. The second kappa shape index (κ2) is 9.14. The van der Waals surface area contributed by atoms with Crippen molar-refractivity contribution in [3.8, 4) is 0 Å². The van der Waals surface area contributed by atoms with Crippen LogP contribution in [0.15, 0.2) is 12.1 Å². The standard InChI is InChI=1S/C22H33F3N4O2/c1-3-27-18-13-19(29-10-8-21(2,31)9-11-29)16(12-17(18)26)20(30)28-15-6-4-14(5-7-15)22(23,24)25/h12-15,27,31H,3-11,26H2,1-2H3,(H,28,30)/t14-,15-. The molecule has 0 spiro atoms. The topological polar surface area (TPSA) is 90.6 Å². The molecule has 31 heavy (non-hydrogen) atoms. The van der Waals surface area contributed by atoms with E-state index in [1.54, 1.807) is 6.07 Å². The number of benzene rings is 1. The maximum Gasteiger partial charge on any atom is 0.391 e. The Morgan fingerprint density at radius 1 is 1.23 bits per heavy atom. The molecule has 5 N–H and O–H groups in total. The van der Waals surface area contributed by atoms with Crippen molar-refractivity contribution in [2.24, 2.45) is 5.92 Å². The lowest BCUT2D eigenvalue weighted by molar-refractivity contribution is -0.182. The fraction of sp³-hybridized carbons (Fsp3) is 0.682.